The summed E-state index contributed by atoms with van der Waals surface area (Å²) in [4.78, 5) is 24.6. The summed E-state index contributed by atoms with van der Waals surface area (Å²) in [6.45, 7) is 0.130. The maximum absolute atomic E-state index is 13.7. The first-order chi connectivity index (χ1) is 17.4. The largest absolute Gasteiger partial charge is 0.491 e. The number of aryl methyl sites for hydroxylation is 1. The molecule has 0 spiro atoms. The second-order valence-corrected chi connectivity index (χ2v) is 9.80. The standard InChI is InChI=1S/C24H30F2N6O5/c1-24(2,35)12-36-15-8-9-16-18(10-15)32(23(25)26)29-19(16)21(34)28-13-4-6-14(7-5-13)37-22-17(20(27)33)11-31(3)30-22/h8-11,13-14,23,35H,4-7,12H2,1-3H3,(H2,27,33)(H,28,34)/t13-,14-. The first kappa shape index (κ1) is 26.3. The van der Waals surface area contributed by atoms with Gasteiger partial charge in [-0.15, -0.1) is 5.10 Å². The number of nitrogens with zero attached hydrogens (tertiary/aromatic N) is 4. The maximum atomic E-state index is 13.7. The summed E-state index contributed by atoms with van der Waals surface area (Å²) in [5, 5.41) is 21.0. The van der Waals surface area contributed by atoms with E-state index < -0.39 is 24.0 Å². The quantitative estimate of drug-likeness (QED) is 0.393. The number of nitrogens with two attached hydrogens (primary N) is 1. The molecule has 2 aromatic heterocycles. The molecular formula is C24H30F2N6O5. The molecule has 0 aliphatic heterocycles. The number of rotatable bonds is 9. The van der Waals surface area contributed by atoms with Crippen LogP contribution in [0.1, 0.15) is 66.9 Å². The fourth-order valence-corrected chi connectivity index (χ4v) is 4.24. The highest BCUT2D eigenvalue weighted by Gasteiger charge is 2.28. The van der Waals surface area contributed by atoms with Crippen LogP contribution in [0.5, 0.6) is 11.6 Å². The predicted molar refractivity (Wildman–Crippen MR) is 129 cm³/mol. The van der Waals surface area contributed by atoms with Crippen molar-refractivity contribution in [1.29, 1.82) is 0 Å². The van der Waals surface area contributed by atoms with Crippen molar-refractivity contribution in [2.45, 2.75) is 63.8 Å². The van der Waals surface area contributed by atoms with Gasteiger partial charge in [-0.3, -0.25) is 14.3 Å². The topological polar surface area (TPSA) is 147 Å². The van der Waals surface area contributed by atoms with E-state index in [4.69, 9.17) is 15.2 Å². The fourth-order valence-electron chi connectivity index (χ4n) is 4.24. The van der Waals surface area contributed by atoms with E-state index in [-0.39, 0.29) is 52.5 Å². The molecule has 1 aliphatic rings. The van der Waals surface area contributed by atoms with Crippen molar-refractivity contribution >= 4 is 22.7 Å². The van der Waals surface area contributed by atoms with Crippen molar-refractivity contribution in [2.75, 3.05) is 6.61 Å². The Morgan fingerprint density at radius 1 is 1.24 bits per heavy atom. The Morgan fingerprint density at radius 3 is 2.57 bits per heavy atom. The number of aliphatic hydroxyl groups is 1. The molecule has 1 saturated carbocycles. The van der Waals surface area contributed by atoms with Crippen LogP contribution in [0.4, 0.5) is 8.78 Å². The number of alkyl halides is 2. The van der Waals surface area contributed by atoms with Crippen LogP contribution in [-0.4, -0.2) is 60.8 Å². The van der Waals surface area contributed by atoms with E-state index in [1.54, 1.807) is 27.0 Å². The molecule has 37 heavy (non-hydrogen) atoms. The molecule has 0 bridgehead atoms. The van der Waals surface area contributed by atoms with Crippen molar-refractivity contribution in [3.8, 4) is 11.6 Å². The zero-order valence-corrected chi connectivity index (χ0v) is 20.8. The van der Waals surface area contributed by atoms with Crippen molar-refractivity contribution in [3.63, 3.8) is 0 Å². The number of primary amides is 1. The molecule has 0 unspecified atom stereocenters. The van der Waals surface area contributed by atoms with Crippen LogP contribution in [0.15, 0.2) is 24.4 Å². The summed E-state index contributed by atoms with van der Waals surface area (Å²) in [6.07, 6.45) is 3.63. The lowest BCUT2D eigenvalue weighted by Gasteiger charge is -2.28. The van der Waals surface area contributed by atoms with Gasteiger partial charge in [-0.2, -0.15) is 13.9 Å². The van der Waals surface area contributed by atoms with Crippen molar-refractivity contribution < 1.29 is 33.0 Å². The van der Waals surface area contributed by atoms with E-state index in [9.17, 15) is 23.5 Å². The van der Waals surface area contributed by atoms with Crippen LogP contribution in [0.3, 0.4) is 0 Å². The van der Waals surface area contributed by atoms with E-state index in [1.807, 2.05) is 0 Å². The van der Waals surface area contributed by atoms with Crippen molar-refractivity contribution in [2.24, 2.45) is 12.8 Å². The average molecular weight is 521 g/mol. The Kier molecular flexibility index (Phi) is 7.35. The second kappa shape index (κ2) is 10.3. The van der Waals surface area contributed by atoms with Gasteiger partial charge >= 0.3 is 6.55 Å². The highest BCUT2D eigenvalue weighted by molar-refractivity contribution is 6.05. The third-order valence-electron chi connectivity index (χ3n) is 6.02. The monoisotopic (exact) mass is 520 g/mol. The Bertz CT molecular complexity index is 1290. The van der Waals surface area contributed by atoms with Gasteiger partial charge in [-0.05, 0) is 51.7 Å². The van der Waals surface area contributed by atoms with Crippen molar-refractivity contribution in [3.05, 3.63) is 35.7 Å². The lowest BCUT2D eigenvalue weighted by molar-refractivity contribution is 0.0284. The molecule has 0 radical (unpaired) electrons. The predicted octanol–water partition coefficient (Wildman–Crippen LogP) is 2.53. The van der Waals surface area contributed by atoms with E-state index in [0.29, 0.717) is 30.4 Å². The number of amides is 2. The van der Waals surface area contributed by atoms with Crippen LogP contribution < -0.4 is 20.5 Å². The molecule has 2 heterocycles. The van der Waals surface area contributed by atoms with Gasteiger partial charge in [0.05, 0.1) is 11.1 Å². The highest BCUT2D eigenvalue weighted by atomic mass is 19.3. The number of fused-ring (bicyclic) bond motifs is 1. The number of nitrogens with one attached hydrogen (secondary N) is 1. The summed E-state index contributed by atoms with van der Waals surface area (Å²) in [7, 11) is 1.66. The molecule has 0 saturated heterocycles. The molecule has 1 aromatic carbocycles. The van der Waals surface area contributed by atoms with Gasteiger partial charge in [-0.1, -0.05) is 0 Å². The maximum Gasteiger partial charge on any atom is 0.333 e. The van der Waals surface area contributed by atoms with Gasteiger partial charge in [0.25, 0.3) is 11.8 Å². The minimum absolute atomic E-state index is 0.0365. The first-order valence-electron chi connectivity index (χ1n) is 11.9. The molecule has 11 nitrogen and oxygen atoms in total. The number of carbonyl (C=O) groups is 2. The Balaban J connectivity index is 1.42. The SMILES string of the molecule is Cn1cc(C(N)=O)c(O[C@H]2CC[C@H](NC(=O)c3nn(C(F)F)c4cc(OCC(C)(C)O)ccc34)CC2)n1. The Hall–Kier alpha value is -3.74. The first-order valence-corrected chi connectivity index (χ1v) is 11.9. The third kappa shape index (κ3) is 6.16. The van der Waals surface area contributed by atoms with E-state index in [2.05, 4.69) is 15.5 Å². The van der Waals surface area contributed by atoms with Crippen LogP contribution in [0.2, 0.25) is 0 Å². The van der Waals surface area contributed by atoms with Crippen molar-refractivity contribution in [1.82, 2.24) is 24.9 Å². The molecule has 2 amide bonds. The highest BCUT2D eigenvalue weighted by Crippen LogP contribution is 2.29. The number of halogens is 2. The number of carbonyl (C=O) groups excluding carboxylic acids is 2. The van der Waals surface area contributed by atoms with Gasteiger partial charge in [-0.25, -0.2) is 4.68 Å². The van der Waals surface area contributed by atoms with Gasteiger partial charge in [0.15, 0.2) is 5.69 Å². The summed E-state index contributed by atoms with van der Waals surface area (Å²) >= 11 is 0. The summed E-state index contributed by atoms with van der Waals surface area (Å²) in [5.41, 5.74) is 4.41. The number of hydrogen-bond acceptors (Lipinski definition) is 7. The van der Waals surface area contributed by atoms with Gasteiger partial charge in [0.2, 0.25) is 5.88 Å². The fraction of sp³-hybridized carbons (Fsp3) is 0.500. The third-order valence-corrected chi connectivity index (χ3v) is 6.02. The lowest BCUT2D eigenvalue weighted by atomic mass is 9.92. The zero-order valence-electron chi connectivity index (χ0n) is 20.8. The lowest BCUT2D eigenvalue weighted by Crippen LogP contribution is -2.40. The minimum Gasteiger partial charge on any atom is -0.491 e. The number of benzene rings is 1. The zero-order chi connectivity index (χ0) is 26.9. The van der Waals surface area contributed by atoms with E-state index >= 15 is 0 Å². The second-order valence-electron chi connectivity index (χ2n) is 9.80. The number of aromatic nitrogens is 4. The molecule has 1 aliphatic carbocycles. The summed E-state index contributed by atoms with van der Waals surface area (Å²) in [6, 6.07) is 4.22. The van der Waals surface area contributed by atoms with E-state index in [0.717, 1.165) is 0 Å². The Labute approximate surface area is 211 Å². The molecule has 4 rings (SSSR count). The molecule has 1 fully saturated rings. The van der Waals surface area contributed by atoms with Crippen LogP contribution in [0.25, 0.3) is 10.9 Å². The van der Waals surface area contributed by atoms with E-state index in [1.165, 1.54) is 23.0 Å². The smallest absolute Gasteiger partial charge is 0.333 e. The molecule has 200 valence electrons. The molecule has 3 aromatic rings. The minimum atomic E-state index is -2.96. The Morgan fingerprint density at radius 2 is 1.95 bits per heavy atom. The van der Waals surface area contributed by atoms with Gasteiger partial charge in [0, 0.05) is 30.7 Å². The molecule has 13 heteroatoms. The summed E-state index contributed by atoms with van der Waals surface area (Å²) < 4.78 is 40.7. The van der Waals surface area contributed by atoms with Gasteiger partial charge < -0.3 is 25.6 Å². The molecular weight excluding hydrogens is 490 g/mol. The number of hydrogen-bond donors (Lipinski definition) is 3. The number of ether oxygens (including phenoxy) is 2. The molecule has 0 atom stereocenters. The van der Waals surface area contributed by atoms with Crippen LogP contribution >= 0.6 is 0 Å². The van der Waals surface area contributed by atoms with Crippen LogP contribution in [0, 0.1) is 0 Å². The summed E-state index contributed by atoms with van der Waals surface area (Å²) in [5.74, 6) is -0.735. The normalized spacial score (nSPS) is 18.2. The average Bonchev–Trinajstić information content (AvgIpc) is 3.39. The van der Waals surface area contributed by atoms with Gasteiger partial charge in [0.1, 0.15) is 24.0 Å². The van der Waals surface area contributed by atoms with Crippen LogP contribution in [-0.2, 0) is 7.05 Å². The molecule has 4 N–H and O–H groups in total.